The molecular formula is C18H25NO2. The van der Waals surface area contributed by atoms with Gasteiger partial charge in [0.15, 0.2) is 0 Å². The van der Waals surface area contributed by atoms with Crippen LogP contribution in [-0.4, -0.2) is 12.1 Å². The zero-order valence-electron chi connectivity index (χ0n) is 13.0. The van der Waals surface area contributed by atoms with Crippen molar-refractivity contribution in [3.8, 4) is 6.07 Å². The van der Waals surface area contributed by atoms with Crippen LogP contribution in [-0.2, 0) is 9.53 Å². The summed E-state index contributed by atoms with van der Waals surface area (Å²) in [7, 11) is 0. The third-order valence-electron chi connectivity index (χ3n) is 7.21. The molecule has 0 heterocycles. The van der Waals surface area contributed by atoms with E-state index >= 15 is 0 Å². The van der Waals surface area contributed by atoms with E-state index in [-0.39, 0.29) is 18.0 Å². The van der Waals surface area contributed by atoms with E-state index in [1.54, 1.807) is 0 Å². The van der Waals surface area contributed by atoms with Crippen LogP contribution in [0.2, 0.25) is 0 Å². The zero-order valence-corrected chi connectivity index (χ0v) is 13.0. The minimum Gasteiger partial charge on any atom is -0.462 e. The van der Waals surface area contributed by atoms with E-state index in [9.17, 15) is 10.1 Å². The molecule has 4 aliphatic carbocycles. The number of carbonyl (C=O) groups is 1. The van der Waals surface area contributed by atoms with Crippen LogP contribution in [0.3, 0.4) is 0 Å². The topological polar surface area (TPSA) is 50.1 Å². The van der Waals surface area contributed by atoms with E-state index < -0.39 is 0 Å². The number of hydrogen-bond acceptors (Lipinski definition) is 3. The summed E-state index contributed by atoms with van der Waals surface area (Å²) in [4.78, 5) is 12.1. The average molecular weight is 287 g/mol. The largest absolute Gasteiger partial charge is 0.462 e. The summed E-state index contributed by atoms with van der Waals surface area (Å²) in [5, 5.41) is 9.32. The van der Waals surface area contributed by atoms with E-state index in [0.29, 0.717) is 17.8 Å². The molecule has 4 aliphatic rings. The Morgan fingerprint density at radius 3 is 2.57 bits per heavy atom. The molecule has 4 saturated carbocycles. The lowest BCUT2D eigenvalue weighted by Gasteiger charge is -2.39. The molecule has 9 unspecified atom stereocenters. The standard InChI is InChI=1S/C18H25NO2/c1-3-9(2)18(20)21-15-7-11-6-14(15)17-10-4-12(8-19)13(5-10)16(11)17/h9-17H,3-7H2,1-2H3. The molecule has 0 spiro atoms. The molecule has 0 radical (unpaired) electrons. The highest BCUT2D eigenvalue weighted by Crippen LogP contribution is 2.69. The first-order valence-electron chi connectivity index (χ1n) is 8.74. The fraction of sp³-hybridized carbons (Fsp3) is 0.889. The molecule has 0 aromatic carbocycles. The lowest BCUT2D eigenvalue weighted by molar-refractivity contribution is -0.158. The SMILES string of the molecule is CCC(C)C(=O)OC1CC2CC1C1C3CC(C#N)C(C3)C21. The van der Waals surface area contributed by atoms with Crippen molar-refractivity contribution in [3.05, 3.63) is 0 Å². The van der Waals surface area contributed by atoms with Gasteiger partial charge in [0.2, 0.25) is 0 Å². The van der Waals surface area contributed by atoms with Crippen molar-refractivity contribution in [1.82, 2.24) is 0 Å². The van der Waals surface area contributed by atoms with Crippen molar-refractivity contribution in [2.45, 2.75) is 52.1 Å². The Kier molecular flexibility index (Phi) is 3.07. The van der Waals surface area contributed by atoms with Crippen LogP contribution < -0.4 is 0 Å². The molecule has 0 aliphatic heterocycles. The maximum atomic E-state index is 12.1. The minimum atomic E-state index is 0.00431. The predicted molar refractivity (Wildman–Crippen MR) is 77.8 cm³/mol. The Morgan fingerprint density at radius 1 is 1.19 bits per heavy atom. The minimum absolute atomic E-state index is 0.00431. The first kappa shape index (κ1) is 13.6. The fourth-order valence-electron chi connectivity index (χ4n) is 6.26. The van der Waals surface area contributed by atoms with Crippen LogP contribution in [0, 0.1) is 58.7 Å². The van der Waals surface area contributed by atoms with Crippen molar-refractivity contribution >= 4 is 5.97 Å². The van der Waals surface area contributed by atoms with Crippen molar-refractivity contribution in [2.75, 3.05) is 0 Å². The summed E-state index contributed by atoms with van der Waals surface area (Å²) in [5.74, 6) is 4.61. The molecule has 4 rings (SSSR count). The number of rotatable bonds is 3. The van der Waals surface area contributed by atoms with Gasteiger partial charge in [0.25, 0.3) is 0 Å². The second-order valence-corrected chi connectivity index (χ2v) is 7.97. The van der Waals surface area contributed by atoms with E-state index in [1.807, 2.05) is 13.8 Å². The van der Waals surface area contributed by atoms with E-state index in [2.05, 4.69) is 6.07 Å². The Hall–Kier alpha value is -1.04. The molecular weight excluding hydrogens is 262 g/mol. The lowest BCUT2D eigenvalue weighted by atomic mass is 9.67. The molecule has 0 aromatic rings. The number of nitrogens with zero attached hydrogens (tertiary/aromatic N) is 1. The maximum Gasteiger partial charge on any atom is 0.308 e. The van der Waals surface area contributed by atoms with Crippen molar-refractivity contribution in [1.29, 1.82) is 5.26 Å². The molecule has 0 saturated heterocycles. The third kappa shape index (κ3) is 1.81. The number of nitriles is 1. The smallest absolute Gasteiger partial charge is 0.308 e. The molecule has 9 atom stereocenters. The first-order chi connectivity index (χ1) is 10.1. The highest BCUT2D eigenvalue weighted by molar-refractivity contribution is 5.72. The van der Waals surface area contributed by atoms with Gasteiger partial charge in [-0.15, -0.1) is 0 Å². The van der Waals surface area contributed by atoms with Crippen molar-refractivity contribution < 1.29 is 9.53 Å². The maximum absolute atomic E-state index is 12.1. The van der Waals surface area contributed by atoms with Gasteiger partial charge in [-0.05, 0) is 67.6 Å². The van der Waals surface area contributed by atoms with Crippen LogP contribution in [0.25, 0.3) is 0 Å². The molecule has 114 valence electrons. The molecule has 21 heavy (non-hydrogen) atoms. The van der Waals surface area contributed by atoms with E-state index in [0.717, 1.165) is 42.9 Å². The van der Waals surface area contributed by atoms with Gasteiger partial charge in [-0.3, -0.25) is 4.79 Å². The molecule has 3 heteroatoms. The number of fused-ring (bicyclic) bond motifs is 9. The van der Waals surface area contributed by atoms with E-state index in [4.69, 9.17) is 4.74 Å². The Balaban J connectivity index is 1.47. The van der Waals surface area contributed by atoms with Gasteiger partial charge in [0.05, 0.1) is 12.0 Å². The summed E-state index contributed by atoms with van der Waals surface area (Å²) < 4.78 is 5.86. The average Bonchev–Trinajstić information content (AvgIpc) is 3.22. The number of esters is 1. The Bertz CT molecular complexity index is 496. The van der Waals surface area contributed by atoms with Crippen LogP contribution >= 0.6 is 0 Å². The molecule has 4 fully saturated rings. The monoisotopic (exact) mass is 287 g/mol. The van der Waals surface area contributed by atoms with Crippen molar-refractivity contribution in [3.63, 3.8) is 0 Å². The van der Waals surface area contributed by atoms with Crippen LogP contribution in [0.1, 0.15) is 46.0 Å². The van der Waals surface area contributed by atoms with E-state index in [1.165, 1.54) is 12.8 Å². The summed E-state index contributed by atoms with van der Waals surface area (Å²) >= 11 is 0. The second kappa shape index (κ2) is 4.73. The summed E-state index contributed by atoms with van der Waals surface area (Å²) in [6.07, 6.45) is 5.73. The third-order valence-corrected chi connectivity index (χ3v) is 7.21. The van der Waals surface area contributed by atoms with Gasteiger partial charge >= 0.3 is 5.97 Å². The van der Waals surface area contributed by atoms with Crippen LogP contribution in [0.4, 0.5) is 0 Å². The second-order valence-electron chi connectivity index (χ2n) is 7.97. The summed E-state index contributed by atoms with van der Waals surface area (Å²) in [6, 6.07) is 2.55. The van der Waals surface area contributed by atoms with Gasteiger partial charge in [-0.1, -0.05) is 13.8 Å². The van der Waals surface area contributed by atoms with Gasteiger partial charge < -0.3 is 4.74 Å². The molecule has 0 amide bonds. The highest BCUT2D eigenvalue weighted by Gasteiger charge is 2.65. The van der Waals surface area contributed by atoms with Gasteiger partial charge in [0.1, 0.15) is 6.10 Å². The Morgan fingerprint density at radius 2 is 1.86 bits per heavy atom. The molecule has 4 bridgehead atoms. The quantitative estimate of drug-likeness (QED) is 0.590. The van der Waals surface area contributed by atoms with Crippen molar-refractivity contribution in [2.24, 2.45) is 47.3 Å². The molecule has 3 nitrogen and oxygen atoms in total. The van der Waals surface area contributed by atoms with Gasteiger partial charge in [-0.25, -0.2) is 0 Å². The molecule has 0 N–H and O–H groups in total. The number of hydrogen-bond donors (Lipinski definition) is 0. The van der Waals surface area contributed by atoms with Crippen LogP contribution in [0.15, 0.2) is 0 Å². The lowest BCUT2D eigenvalue weighted by Crippen LogP contribution is -2.39. The molecule has 0 aromatic heterocycles. The van der Waals surface area contributed by atoms with Gasteiger partial charge in [-0.2, -0.15) is 5.26 Å². The summed E-state index contributed by atoms with van der Waals surface area (Å²) in [6.45, 7) is 4.01. The Labute approximate surface area is 127 Å². The number of ether oxygens (including phenoxy) is 1. The highest BCUT2D eigenvalue weighted by atomic mass is 16.5. The normalized spacial score (nSPS) is 50.7. The zero-order chi connectivity index (χ0) is 14.7. The predicted octanol–water partition coefficient (Wildman–Crippen LogP) is 3.40. The number of carbonyl (C=O) groups excluding carboxylic acids is 1. The van der Waals surface area contributed by atoms with Crippen LogP contribution in [0.5, 0.6) is 0 Å². The fourth-order valence-corrected chi connectivity index (χ4v) is 6.26. The van der Waals surface area contributed by atoms with Gasteiger partial charge in [0, 0.05) is 5.92 Å². The summed E-state index contributed by atoms with van der Waals surface area (Å²) in [5.41, 5.74) is 0. The first-order valence-corrected chi connectivity index (χ1v) is 8.74.